The molecule has 0 aliphatic heterocycles. The van der Waals surface area contributed by atoms with Crippen LogP contribution < -0.4 is 10.6 Å². The van der Waals surface area contributed by atoms with Gasteiger partial charge in [-0.1, -0.05) is 13.8 Å². The molecule has 0 aromatic carbocycles. The van der Waals surface area contributed by atoms with Crippen LogP contribution in [0, 0.1) is 5.92 Å². The van der Waals surface area contributed by atoms with Gasteiger partial charge in [-0.3, -0.25) is 0 Å². The minimum Gasteiger partial charge on any atom is -0.465 e. The third kappa shape index (κ3) is 4.32. The molecule has 4 nitrogen and oxygen atoms in total. The zero-order chi connectivity index (χ0) is 12.8. The van der Waals surface area contributed by atoms with Gasteiger partial charge in [-0.05, 0) is 29.6 Å². The van der Waals surface area contributed by atoms with E-state index in [-0.39, 0.29) is 5.97 Å². The number of ether oxygens (including phenoxy) is 1. The van der Waals surface area contributed by atoms with E-state index in [0.29, 0.717) is 21.6 Å². The van der Waals surface area contributed by atoms with Crippen molar-refractivity contribution >= 4 is 40.3 Å². The summed E-state index contributed by atoms with van der Waals surface area (Å²) in [7, 11) is 1.36. The van der Waals surface area contributed by atoms with Crippen molar-refractivity contribution in [2.75, 3.05) is 19.0 Å². The van der Waals surface area contributed by atoms with E-state index >= 15 is 0 Å². The number of carbonyl (C=O) groups excluding carboxylic acids is 1. The van der Waals surface area contributed by atoms with Crippen LogP contribution in [-0.2, 0) is 4.74 Å². The van der Waals surface area contributed by atoms with E-state index in [4.69, 9.17) is 12.2 Å². The van der Waals surface area contributed by atoms with Crippen LogP contribution in [0.25, 0.3) is 0 Å². The monoisotopic (exact) mass is 272 g/mol. The number of hydrogen-bond donors (Lipinski definition) is 2. The van der Waals surface area contributed by atoms with E-state index < -0.39 is 0 Å². The second-order valence-corrected chi connectivity index (χ2v) is 5.21. The molecule has 0 amide bonds. The Morgan fingerprint density at radius 3 is 2.88 bits per heavy atom. The second kappa shape index (κ2) is 6.56. The minimum absolute atomic E-state index is 0.353. The highest BCUT2D eigenvalue weighted by molar-refractivity contribution is 7.80. The molecule has 0 atom stereocenters. The Morgan fingerprint density at radius 1 is 1.59 bits per heavy atom. The second-order valence-electron chi connectivity index (χ2n) is 3.88. The molecule has 0 aliphatic rings. The van der Waals surface area contributed by atoms with Gasteiger partial charge in [0.05, 0.1) is 12.8 Å². The molecule has 2 N–H and O–H groups in total. The van der Waals surface area contributed by atoms with Gasteiger partial charge in [-0.25, -0.2) is 4.79 Å². The van der Waals surface area contributed by atoms with Crippen molar-refractivity contribution in [3.63, 3.8) is 0 Å². The highest BCUT2D eigenvalue weighted by Crippen LogP contribution is 2.22. The molecule has 1 aromatic rings. The Morgan fingerprint density at radius 2 is 2.29 bits per heavy atom. The fourth-order valence-electron chi connectivity index (χ4n) is 1.12. The molecule has 0 saturated heterocycles. The first kappa shape index (κ1) is 13.9. The molecule has 1 rings (SSSR count). The van der Waals surface area contributed by atoms with Gasteiger partial charge in [-0.15, -0.1) is 11.3 Å². The molecule has 1 heterocycles. The topological polar surface area (TPSA) is 50.4 Å². The van der Waals surface area contributed by atoms with E-state index in [2.05, 4.69) is 29.2 Å². The van der Waals surface area contributed by atoms with E-state index in [0.717, 1.165) is 6.54 Å². The molecule has 0 fully saturated rings. The van der Waals surface area contributed by atoms with Gasteiger partial charge >= 0.3 is 5.97 Å². The summed E-state index contributed by atoms with van der Waals surface area (Å²) in [6, 6.07) is 1.81. The molecule has 0 unspecified atom stereocenters. The summed E-state index contributed by atoms with van der Waals surface area (Å²) in [5, 5.41) is 8.40. The van der Waals surface area contributed by atoms with Crippen molar-refractivity contribution in [1.82, 2.24) is 5.32 Å². The van der Waals surface area contributed by atoms with E-state index in [1.165, 1.54) is 18.4 Å². The summed E-state index contributed by atoms with van der Waals surface area (Å²) < 4.78 is 4.68. The van der Waals surface area contributed by atoms with Gasteiger partial charge in [-0.2, -0.15) is 0 Å². The Balaban J connectivity index is 2.59. The molecule has 17 heavy (non-hydrogen) atoms. The molecule has 0 bridgehead atoms. The maximum Gasteiger partial charge on any atom is 0.350 e. The van der Waals surface area contributed by atoms with Crippen molar-refractivity contribution in [3.8, 4) is 0 Å². The van der Waals surface area contributed by atoms with E-state index in [9.17, 15) is 4.79 Å². The van der Waals surface area contributed by atoms with Gasteiger partial charge < -0.3 is 15.4 Å². The Bertz CT molecular complexity index is 402. The summed E-state index contributed by atoms with van der Waals surface area (Å²) in [6.45, 7) is 4.99. The number of carbonyl (C=O) groups is 1. The van der Waals surface area contributed by atoms with Crippen molar-refractivity contribution in [2.45, 2.75) is 13.8 Å². The average molecular weight is 272 g/mol. The third-order valence-corrected chi connectivity index (χ3v) is 3.10. The van der Waals surface area contributed by atoms with Gasteiger partial charge in [0.2, 0.25) is 0 Å². The predicted molar refractivity (Wildman–Crippen MR) is 74.7 cm³/mol. The van der Waals surface area contributed by atoms with Crippen LogP contribution in [0.15, 0.2) is 11.4 Å². The molecule has 0 aliphatic carbocycles. The number of thiophene rings is 1. The number of thiocarbonyl (C=S) groups is 1. The lowest BCUT2D eigenvalue weighted by molar-refractivity contribution is 0.0607. The zero-order valence-electron chi connectivity index (χ0n) is 10.1. The maximum absolute atomic E-state index is 11.4. The first-order valence-electron chi connectivity index (χ1n) is 5.25. The smallest absolute Gasteiger partial charge is 0.350 e. The Kier molecular flexibility index (Phi) is 5.37. The molecular formula is C11H16N2O2S2. The fourth-order valence-corrected chi connectivity index (χ4v) is 2.08. The van der Waals surface area contributed by atoms with E-state index in [1.54, 1.807) is 6.07 Å². The minimum atomic E-state index is -0.353. The number of rotatable bonds is 4. The van der Waals surface area contributed by atoms with Crippen LogP contribution in [-0.4, -0.2) is 24.7 Å². The van der Waals surface area contributed by atoms with Crippen LogP contribution >= 0.6 is 23.6 Å². The lowest BCUT2D eigenvalue weighted by Gasteiger charge is -2.12. The zero-order valence-corrected chi connectivity index (χ0v) is 11.7. The first-order valence-corrected chi connectivity index (χ1v) is 6.54. The van der Waals surface area contributed by atoms with Crippen molar-refractivity contribution in [3.05, 3.63) is 16.3 Å². The standard InChI is InChI=1S/C11H16N2O2S2/c1-7(2)6-12-11(16)13-8-4-5-17-9(8)10(14)15-3/h4-5,7H,6H2,1-3H3,(H2,12,13,16). The largest absolute Gasteiger partial charge is 0.465 e. The van der Waals surface area contributed by atoms with Crippen molar-refractivity contribution < 1.29 is 9.53 Å². The number of methoxy groups -OCH3 is 1. The summed E-state index contributed by atoms with van der Waals surface area (Å²) >= 11 is 6.46. The molecule has 0 saturated carbocycles. The Hall–Kier alpha value is -1.14. The van der Waals surface area contributed by atoms with Gasteiger partial charge in [0.25, 0.3) is 0 Å². The van der Waals surface area contributed by atoms with Crippen LogP contribution in [0.1, 0.15) is 23.5 Å². The lowest BCUT2D eigenvalue weighted by Crippen LogP contribution is -2.31. The maximum atomic E-state index is 11.4. The summed E-state index contributed by atoms with van der Waals surface area (Å²) in [5.74, 6) is 0.159. The molecule has 6 heteroatoms. The third-order valence-electron chi connectivity index (χ3n) is 1.96. The first-order chi connectivity index (χ1) is 8.04. The van der Waals surface area contributed by atoms with E-state index in [1.807, 2.05) is 5.38 Å². The summed E-state index contributed by atoms with van der Waals surface area (Å²) in [4.78, 5) is 12.0. The molecule has 94 valence electrons. The average Bonchev–Trinajstić information content (AvgIpc) is 2.73. The fraction of sp³-hybridized carbons (Fsp3) is 0.455. The summed E-state index contributed by atoms with van der Waals surface area (Å²) in [6.07, 6.45) is 0. The summed E-state index contributed by atoms with van der Waals surface area (Å²) in [5.41, 5.74) is 0.683. The number of esters is 1. The predicted octanol–water partition coefficient (Wildman–Crippen LogP) is 2.48. The SMILES string of the molecule is COC(=O)c1sccc1NC(=S)NCC(C)C. The van der Waals surface area contributed by atoms with Gasteiger partial charge in [0.1, 0.15) is 4.88 Å². The normalized spacial score (nSPS) is 10.1. The van der Waals surface area contributed by atoms with Crippen LogP contribution in [0.4, 0.5) is 5.69 Å². The molecule has 0 radical (unpaired) electrons. The number of nitrogens with one attached hydrogen (secondary N) is 2. The highest BCUT2D eigenvalue weighted by atomic mass is 32.1. The van der Waals surface area contributed by atoms with Crippen LogP contribution in [0.5, 0.6) is 0 Å². The quantitative estimate of drug-likeness (QED) is 0.651. The molecule has 1 aromatic heterocycles. The number of anilines is 1. The molecule has 0 spiro atoms. The van der Waals surface area contributed by atoms with Crippen molar-refractivity contribution in [1.29, 1.82) is 0 Å². The van der Waals surface area contributed by atoms with Crippen LogP contribution in [0.2, 0.25) is 0 Å². The highest BCUT2D eigenvalue weighted by Gasteiger charge is 2.14. The van der Waals surface area contributed by atoms with Gasteiger partial charge in [0, 0.05) is 6.54 Å². The van der Waals surface area contributed by atoms with Crippen LogP contribution in [0.3, 0.4) is 0 Å². The molecular weight excluding hydrogens is 256 g/mol. The Labute approximate surface area is 110 Å². The van der Waals surface area contributed by atoms with Gasteiger partial charge in [0.15, 0.2) is 5.11 Å². The number of hydrogen-bond acceptors (Lipinski definition) is 4. The lowest BCUT2D eigenvalue weighted by atomic mass is 10.2. The van der Waals surface area contributed by atoms with Crippen molar-refractivity contribution in [2.24, 2.45) is 5.92 Å².